The van der Waals surface area contributed by atoms with Crippen molar-refractivity contribution in [3.63, 3.8) is 0 Å². The zero-order chi connectivity index (χ0) is 14.6. The molecule has 116 valence electrons. The summed E-state index contributed by atoms with van der Waals surface area (Å²) in [5.74, 6) is 0.609. The maximum atomic E-state index is 5.51. The summed E-state index contributed by atoms with van der Waals surface area (Å²) in [5.41, 5.74) is 0. The van der Waals surface area contributed by atoms with Gasteiger partial charge in [0.2, 0.25) is 5.89 Å². The number of aromatic nitrogens is 2. The zero-order valence-corrected chi connectivity index (χ0v) is 12.6. The van der Waals surface area contributed by atoms with Gasteiger partial charge in [-0.05, 0) is 26.3 Å². The Morgan fingerprint density at radius 2 is 2.05 bits per heavy atom. The zero-order valence-electron chi connectivity index (χ0n) is 12.6. The van der Waals surface area contributed by atoms with E-state index >= 15 is 0 Å². The van der Waals surface area contributed by atoms with Crippen LogP contribution < -0.4 is 10.6 Å². The Bertz CT molecular complexity index is 346. The average molecular weight is 286 g/mol. The number of methoxy groups -OCH3 is 1. The van der Waals surface area contributed by atoms with Crippen molar-refractivity contribution in [1.29, 1.82) is 0 Å². The van der Waals surface area contributed by atoms with Crippen LogP contribution >= 0.6 is 0 Å². The fourth-order valence-corrected chi connectivity index (χ4v) is 1.64. The first-order chi connectivity index (χ1) is 9.77. The quantitative estimate of drug-likeness (QED) is 0.565. The van der Waals surface area contributed by atoms with Crippen molar-refractivity contribution in [2.45, 2.75) is 32.7 Å². The highest BCUT2D eigenvalue weighted by Crippen LogP contribution is 2.13. The van der Waals surface area contributed by atoms with E-state index in [0.717, 1.165) is 32.5 Å². The normalized spacial score (nSPS) is 12.6. The second-order valence-corrected chi connectivity index (χ2v) is 4.46. The number of anilines is 1. The summed E-state index contributed by atoms with van der Waals surface area (Å²) in [4.78, 5) is 0. The molecule has 0 bridgehead atoms. The second kappa shape index (κ2) is 10.6. The highest BCUT2D eigenvalue weighted by atomic mass is 16.5. The predicted octanol–water partition coefficient (Wildman–Crippen LogP) is 1.60. The highest BCUT2D eigenvalue weighted by molar-refractivity contribution is 5.16. The molecule has 1 unspecified atom stereocenters. The van der Waals surface area contributed by atoms with Gasteiger partial charge in [-0.25, -0.2) is 0 Å². The fourth-order valence-electron chi connectivity index (χ4n) is 1.64. The van der Waals surface area contributed by atoms with E-state index in [0.29, 0.717) is 25.1 Å². The number of unbranched alkanes of at least 4 members (excludes halogenated alkanes) is 1. The minimum Gasteiger partial charge on any atom is -0.406 e. The monoisotopic (exact) mass is 286 g/mol. The molecule has 0 saturated carbocycles. The summed E-state index contributed by atoms with van der Waals surface area (Å²) >= 11 is 0. The molecule has 1 heterocycles. The van der Waals surface area contributed by atoms with Crippen molar-refractivity contribution < 1.29 is 13.9 Å². The molecule has 0 amide bonds. The van der Waals surface area contributed by atoms with E-state index in [1.807, 2.05) is 13.8 Å². The van der Waals surface area contributed by atoms with E-state index in [1.54, 1.807) is 7.11 Å². The number of nitrogens with one attached hydrogen (secondary N) is 2. The SMILES string of the molecule is CCNC(C)c1nnc(NCCCCOCCOC)o1. The van der Waals surface area contributed by atoms with Crippen LogP contribution in [0, 0.1) is 0 Å². The summed E-state index contributed by atoms with van der Waals surface area (Å²) in [5, 5.41) is 14.3. The molecular weight excluding hydrogens is 260 g/mol. The number of nitrogens with zero attached hydrogens (tertiary/aromatic N) is 2. The van der Waals surface area contributed by atoms with Crippen molar-refractivity contribution >= 4 is 6.01 Å². The molecule has 0 aromatic carbocycles. The molecule has 1 aromatic rings. The van der Waals surface area contributed by atoms with Crippen molar-refractivity contribution in [3.05, 3.63) is 5.89 Å². The van der Waals surface area contributed by atoms with Crippen LogP contribution in [0.15, 0.2) is 4.42 Å². The van der Waals surface area contributed by atoms with Gasteiger partial charge in [0.15, 0.2) is 0 Å². The molecule has 2 N–H and O–H groups in total. The lowest BCUT2D eigenvalue weighted by atomic mass is 10.3. The molecule has 0 fully saturated rings. The van der Waals surface area contributed by atoms with Gasteiger partial charge in [0, 0.05) is 20.3 Å². The van der Waals surface area contributed by atoms with Gasteiger partial charge < -0.3 is 24.5 Å². The van der Waals surface area contributed by atoms with Crippen molar-refractivity contribution in [1.82, 2.24) is 15.5 Å². The third-order valence-corrected chi connectivity index (χ3v) is 2.74. The summed E-state index contributed by atoms with van der Waals surface area (Å²) in [6.07, 6.45) is 1.99. The van der Waals surface area contributed by atoms with Gasteiger partial charge in [-0.15, -0.1) is 5.10 Å². The maximum absolute atomic E-state index is 5.51. The van der Waals surface area contributed by atoms with Crippen LogP contribution in [0.4, 0.5) is 6.01 Å². The predicted molar refractivity (Wildman–Crippen MR) is 76.8 cm³/mol. The lowest BCUT2D eigenvalue weighted by molar-refractivity contribution is 0.0691. The van der Waals surface area contributed by atoms with Crippen LogP contribution in [-0.4, -0.2) is 50.2 Å². The van der Waals surface area contributed by atoms with Crippen molar-refractivity contribution in [2.24, 2.45) is 0 Å². The lowest BCUT2D eigenvalue weighted by Gasteiger charge is -2.06. The van der Waals surface area contributed by atoms with E-state index < -0.39 is 0 Å². The Kier molecular flexibility index (Phi) is 8.93. The first-order valence-electron chi connectivity index (χ1n) is 7.15. The summed E-state index contributed by atoms with van der Waals surface area (Å²) in [6.45, 7) is 7.75. The van der Waals surface area contributed by atoms with Crippen molar-refractivity contribution in [2.75, 3.05) is 45.3 Å². The van der Waals surface area contributed by atoms with E-state index in [2.05, 4.69) is 20.8 Å². The number of hydrogen-bond acceptors (Lipinski definition) is 7. The molecule has 7 nitrogen and oxygen atoms in total. The first-order valence-corrected chi connectivity index (χ1v) is 7.15. The first kappa shape index (κ1) is 16.9. The molecule has 0 radical (unpaired) electrons. The van der Waals surface area contributed by atoms with Gasteiger partial charge in [0.05, 0.1) is 19.3 Å². The Balaban J connectivity index is 2.07. The van der Waals surface area contributed by atoms with E-state index in [-0.39, 0.29) is 6.04 Å². The van der Waals surface area contributed by atoms with Gasteiger partial charge in [-0.3, -0.25) is 0 Å². The molecule has 7 heteroatoms. The minimum absolute atomic E-state index is 0.0808. The Morgan fingerprint density at radius 1 is 1.20 bits per heavy atom. The minimum atomic E-state index is 0.0808. The molecular formula is C13H26N4O3. The summed E-state index contributed by atoms with van der Waals surface area (Å²) in [6, 6.07) is 0.558. The highest BCUT2D eigenvalue weighted by Gasteiger charge is 2.11. The molecule has 20 heavy (non-hydrogen) atoms. The van der Waals surface area contributed by atoms with Gasteiger partial charge in [0.25, 0.3) is 0 Å². The molecule has 0 aliphatic carbocycles. The van der Waals surface area contributed by atoms with Crippen LogP contribution in [0.25, 0.3) is 0 Å². The molecule has 0 spiro atoms. The van der Waals surface area contributed by atoms with Crippen LogP contribution in [0.3, 0.4) is 0 Å². The average Bonchev–Trinajstić information content (AvgIpc) is 2.91. The molecule has 0 aliphatic heterocycles. The third-order valence-electron chi connectivity index (χ3n) is 2.74. The second-order valence-electron chi connectivity index (χ2n) is 4.46. The number of ether oxygens (including phenoxy) is 2. The molecule has 1 rings (SSSR count). The fraction of sp³-hybridized carbons (Fsp3) is 0.846. The van der Waals surface area contributed by atoms with E-state index in [4.69, 9.17) is 13.9 Å². The number of rotatable bonds is 12. The molecule has 0 aliphatic rings. The Labute approximate surface area is 120 Å². The lowest BCUT2D eigenvalue weighted by Crippen LogP contribution is -2.17. The molecule has 1 atom stereocenters. The third kappa shape index (κ3) is 6.83. The summed E-state index contributed by atoms with van der Waals surface area (Å²) < 4.78 is 15.8. The van der Waals surface area contributed by atoms with Crippen molar-refractivity contribution in [3.8, 4) is 0 Å². The van der Waals surface area contributed by atoms with E-state index in [9.17, 15) is 0 Å². The van der Waals surface area contributed by atoms with E-state index in [1.165, 1.54) is 0 Å². The van der Waals surface area contributed by atoms with Gasteiger partial charge in [-0.1, -0.05) is 12.0 Å². The molecule has 1 aromatic heterocycles. The topological polar surface area (TPSA) is 81.4 Å². The van der Waals surface area contributed by atoms with Gasteiger partial charge in [0.1, 0.15) is 0 Å². The number of hydrogen-bond donors (Lipinski definition) is 2. The van der Waals surface area contributed by atoms with Crippen LogP contribution in [0.1, 0.15) is 38.6 Å². The van der Waals surface area contributed by atoms with Crippen LogP contribution in [0.2, 0.25) is 0 Å². The summed E-state index contributed by atoms with van der Waals surface area (Å²) in [7, 11) is 1.67. The van der Waals surface area contributed by atoms with Crippen LogP contribution in [-0.2, 0) is 9.47 Å². The largest absolute Gasteiger partial charge is 0.406 e. The Morgan fingerprint density at radius 3 is 2.80 bits per heavy atom. The maximum Gasteiger partial charge on any atom is 0.315 e. The van der Waals surface area contributed by atoms with Gasteiger partial charge >= 0.3 is 6.01 Å². The molecule has 0 saturated heterocycles. The van der Waals surface area contributed by atoms with Gasteiger partial charge in [-0.2, -0.15) is 0 Å². The Hall–Kier alpha value is -1.18. The van der Waals surface area contributed by atoms with Crippen LogP contribution in [0.5, 0.6) is 0 Å². The standard InChI is InChI=1S/C13H26N4O3/c1-4-14-11(2)12-16-17-13(20-12)15-7-5-6-8-19-10-9-18-3/h11,14H,4-10H2,1-3H3,(H,15,17). The smallest absolute Gasteiger partial charge is 0.315 e.